The van der Waals surface area contributed by atoms with Crippen molar-refractivity contribution in [3.63, 3.8) is 0 Å². The summed E-state index contributed by atoms with van der Waals surface area (Å²) >= 11 is 1.01. The maximum atomic E-state index is 11.7. The van der Waals surface area contributed by atoms with Gasteiger partial charge in [-0.3, -0.25) is 14.9 Å². The average molecular weight is 305 g/mol. The van der Waals surface area contributed by atoms with Crippen LogP contribution in [0.15, 0.2) is 52.0 Å². The molecular formula is C14H11NO5S. The Balaban J connectivity index is 1.84. The van der Waals surface area contributed by atoms with Crippen molar-refractivity contribution in [1.29, 1.82) is 0 Å². The Labute approximate surface area is 124 Å². The molecule has 0 atom stereocenters. The third-order valence-electron chi connectivity index (χ3n) is 2.43. The molecule has 2 rings (SSSR count). The minimum absolute atomic E-state index is 0.0505. The van der Waals surface area contributed by atoms with E-state index in [1.54, 1.807) is 30.3 Å². The number of aromatic carboxylic acids is 1. The molecule has 0 aliphatic carbocycles. The summed E-state index contributed by atoms with van der Waals surface area (Å²) in [6.07, 6.45) is 0. The number of hydrogen-bond acceptors (Lipinski definition) is 5. The molecule has 0 aliphatic rings. The second-order valence-electron chi connectivity index (χ2n) is 3.96. The highest BCUT2D eigenvalue weighted by Gasteiger charge is 2.13. The Kier molecular flexibility index (Phi) is 4.78. The van der Waals surface area contributed by atoms with Gasteiger partial charge in [0.05, 0.1) is 5.75 Å². The van der Waals surface area contributed by atoms with Gasteiger partial charge >= 0.3 is 5.97 Å². The molecule has 0 spiro atoms. The minimum atomic E-state index is -1.18. The second kappa shape index (κ2) is 6.76. The van der Waals surface area contributed by atoms with Gasteiger partial charge in [-0.05, 0) is 24.3 Å². The summed E-state index contributed by atoms with van der Waals surface area (Å²) < 4.78 is 4.98. The normalized spacial score (nSPS) is 10.1. The minimum Gasteiger partial charge on any atom is -0.475 e. The first-order chi connectivity index (χ1) is 10.1. The lowest BCUT2D eigenvalue weighted by Gasteiger charge is -2.02. The van der Waals surface area contributed by atoms with E-state index >= 15 is 0 Å². The fraction of sp³-hybridized carbons (Fsp3) is 0.0714. The van der Waals surface area contributed by atoms with Crippen LogP contribution in [-0.4, -0.2) is 28.6 Å². The number of carbonyl (C=O) groups is 3. The van der Waals surface area contributed by atoms with E-state index in [9.17, 15) is 14.4 Å². The number of carboxylic acid groups (broad SMARTS) is 1. The van der Waals surface area contributed by atoms with Crippen molar-refractivity contribution in [3.8, 4) is 0 Å². The summed E-state index contributed by atoms with van der Waals surface area (Å²) in [7, 11) is 0. The van der Waals surface area contributed by atoms with Crippen LogP contribution < -0.4 is 5.32 Å². The molecule has 0 saturated carbocycles. The van der Waals surface area contributed by atoms with Gasteiger partial charge in [-0.1, -0.05) is 30.0 Å². The Morgan fingerprint density at radius 3 is 2.43 bits per heavy atom. The maximum absolute atomic E-state index is 11.7. The molecule has 1 heterocycles. The molecule has 0 fully saturated rings. The number of carbonyl (C=O) groups excluding carboxylic acids is 2. The topological polar surface area (TPSA) is 96.6 Å². The molecule has 0 bridgehead atoms. The smallest absolute Gasteiger partial charge is 0.371 e. The van der Waals surface area contributed by atoms with E-state index in [0.29, 0.717) is 10.7 Å². The number of rotatable bonds is 5. The first-order valence-corrected chi connectivity index (χ1v) is 6.90. The predicted octanol–water partition coefficient (Wildman–Crippen LogP) is 2.03. The van der Waals surface area contributed by atoms with E-state index in [4.69, 9.17) is 9.52 Å². The first-order valence-electron chi connectivity index (χ1n) is 5.91. The third-order valence-corrected chi connectivity index (χ3v) is 3.34. The Hall–Kier alpha value is -2.54. The van der Waals surface area contributed by atoms with Crippen LogP contribution in [0.4, 0.5) is 0 Å². The fourth-order valence-electron chi connectivity index (χ4n) is 1.47. The van der Waals surface area contributed by atoms with Crippen LogP contribution in [-0.2, 0) is 4.79 Å². The second-order valence-corrected chi connectivity index (χ2v) is 4.94. The van der Waals surface area contributed by atoms with Gasteiger partial charge in [0.15, 0.2) is 5.09 Å². The summed E-state index contributed by atoms with van der Waals surface area (Å²) in [5, 5.41) is 11.2. The molecule has 2 N–H and O–H groups in total. The lowest BCUT2D eigenvalue weighted by molar-refractivity contribution is -0.117. The SMILES string of the molecule is O=C(CSc1ccc(C(=O)O)o1)NC(=O)c1ccccc1. The Morgan fingerprint density at radius 1 is 1.10 bits per heavy atom. The van der Waals surface area contributed by atoms with Crippen molar-refractivity contribution >= 4 is 29.5 Å². The average Bonchev–Trinajstić information content (AvgIpc) is 2.95. The first kappa shape index (κ1) is 14.9. The number of nitrogens with one attached hydrogen (secondary N) is 1. The number of hydrogen-bond donors (Lipinski definition) is 2. The summed E-state index contributed by atoms with van der Waals surface area (Å²) in [6, 6.07) is 11.1. The van der Waals surface area contributed by atoms with E-state index in [0.717, 1.165) is 11.8 Å². The third kappa shape index (κ3) is 4.22. The van der Waals surface area contributed by atoms with Gasteiger partial charge < -0.3 is 9.52 Å². The molecular weight excluding hydrogens is 294 g/mol. The standard InChI is InChI=1S/C14H11NO5S/c16-11(15-13(17)9-4-2-1-3-5-9)8-21-12-7-6-10(20-12)14(18)19/h1-7H,8H2,(H,18,19)(H,15,16,17). The van der Waals surface area contributed by atoms with Gasteiger partial charge in [-0.15, -0.1) is 0 Å². The van der Waals surface area contributed by atoms with Crippen LogP contribution in [0.2, 0.25) is 0 Å². The van der Waals surface area contributed by atoms with E-state index in [1.165, 1.54) is 12.1 Å². The van der Waals surface area contributed by atoms with Crippen molar-refractivity contribution in [2.24, 2.45) is 0 Å². The molecule has 2 amide bonds. The molecule has 1 aromatic heterocycles. The van der Waals surface area contributed by atoms with Gasteiger partial charge in [0.25, 0.3) is 5.91 Å². The van der Waals surface area contributed by atoms with E-state index in [2.05, 4.69) is 5.32 Å². The van der Waals surface area contributed by atoms with Crippen LogP contribution in [0, 0.1) is 0 Å². The highest BCUT2D eigenvalue weighted by molar-refractivity contribution is 7.99. The predicted molar refractivity (Wildman–Crippen MR) is 75.3 cm³/mol. The highest BCUT2D eigenvalue weighted by Crippen LogP contribution is 2.20. The number of thioether (sulfide) groups is 1. The van der Waals surface area contributed by atoms with Crippen molar-refractivity contribution in [2.45, 2.75) is 5.09 Å². The Bertz CT molecular complexity index is 665. The fourth-order valence-corrected chi connectivity index (χ4v) is 2.13. The zero-order valence-electron chi connectivity index (χ0n) is 10.7. The van der Waals surface area contributed by atoms with E-state index in [-0.39, 0.29) is 11.5 Å². The van der Waals surface area contributed by atoms with E-state index < -0.39 is 17.8 Å². The molecule has 108 valence electrons. The lowest BCUT2D eigenvalue weighted by atomic mass is 10.2. The molecule has 7 heteroatoms. The van der Waals surface area contributed by atoms with Crippen molar-refractivity contribution in [2.75, 3.05) is 5.75 Å². The van der Waals surface area contributed by atoms with Gasteiger partial charge in [0.1, 0.15) is 0 Å². The van der Waals surface area contributed by atoms with Crippen LogP contribution >= 0.6 is 11.8 Å². The zero-order chi connectivity index (χ0) is 15.2. The monoisotopic (exact) mass is 305 g/mol. The lowest BCUT2D eigenvalue weighted by Crippen LogP contribution is -2.31. The van der Waals surface area contributed by atoms with Crippen LogP contribution in [0.5, 0.6) is 0 Å². The number of furan rings is 1. The molecule has 0 saturated heterocycles. The number of amides is 2. The summed E-state index contributed by atoms with van der Waals surface area (Å²) in [4.78, 5) is 34.0. The van der Waals surface area contributed by atoms with Crippen LogP contribution in [0.1, 0.15) is 20.9 Å². The van der Waals surface area contributed by atoms with Crippen LogP contribution in [0.3, 0.4) is 0 Å². The number of imide groups is 1. The molecule has 0 unspecified atom stereocenters. The molecule has 0 radical (unpaired) electrons. The highest BCUT2D eigenvalue weighted by atomic mass is 32.2. The summed E-state index contributed by atoms with van der Waals surface area (Å²) in [5.41, 5.74) is 0.391. The van der Waals surface area contributed by atoms with Gasteiger partial charge in [-0.25, -0.2) is 4.79 Å². The van der Waals surface area contributed by atoms with Gasteiger partial charge in [-0.2, -0.15) is 0 Å². The molecule has 0 aliphatic heterocycles. The molecule has 6 nitrogen and oxygen atoms in total. The maximum Gasteiger partial charge on any atom is 0.371 e. The number of benzene rings is 1. The molecule has 21 heavy (non-hydrogen) atoms. The molecule has 1 aromatic carbocycles. The van der Waals surface area contributed by atoms with Gasteiger partial charge in [0, 0.05) is 5.56 Å². The van der Waals surface area contributed by atoms with Crippen molar-refractivity contribution in [3.05, 3.63) is 53.8 Å². The van der Waals surface area contributed by atoms with Gasteiger partial charge in [0.2, 0.25) is 11.7 Å². The summed E-state index contributed by atoms with van der Waals surface area (Å²) in [6.45, 7) is 0. The zero-order valence-corrected chi connectivity index (χ0v) is 11.6. The van der Waals surface area contributed by atoms with Crippen LogP contribution in [0.25, 0.3) is 0 Å². The number of carboxylic acids is 1. The Morgan fingerprint density at radius 2 is 1.81 bits per heavy atom. The quantitative estimate of drug-likeness (QED) is 0.820. The molecule has 2 aromatic rings. The summed E-state index contributed by atoms with van der Waals surface area (Å²) in [5.74, 6) is -2.39. The van der Waals surface area contributed by atoms with Crippen molar-refractivity contribution < 1.29 is 23.9 Å². The van der Waals surface area contributed by atoms with E-state index in [1.807, 2.05) is 0 Å². The van der Waals surface area contributed by atoms with Crippen molar-refractivity contribution in [1.82, 2.24) is 5.32 Å². The largest absolute Gasteiger partial charge is 0.475 e.